The van der Waals surface area contributed by atoms with E-state index in [4.69, 9.17) is 11.6 Å². The number of nitrogens with zero attached hydrogens (tertiary/aromatic N) is 2. The van der Waals surface area contributed by atoms with E-state index in [-0.39, 0.29) is 23.3 Å². The highest BCUT2D eigenvalue weighted by Crippen LogP contribution is 2.42. The van der Waals surface area contributed by atoms with Crippen LogP contribution < -0.4 is 5.32 Å². The van der Waals surface area contributed by atoms with Crippen LogP contribution in [0.25, 0.3) is 11.0 Å². The van der Waals surface area contributed by atoms with E-state index in [2.05, 4.69) is 55.1 Å². The number of amides is 1. The molecule has 1 unspecified atom stereocenters. The average Bonchev–Trinajstić information content (AvgIpc) is 3.14. The summed E-state index contributed by atoms with van der Waals surface area (Å²) in [6.45, 7) is 10.1. The molecule has 0 aliphatic carbocycles. The number of nitrogens with one attached hydrogen (secondary N) is 2. The maximum atomic E-state index is 13.5. The van der Waals surface area contributed by atoms with Crippen molar-refractivity contribution < 1.29 is 4.79 Å². The largest absolute Gasteiger partial charge is 0.344 e. The number of H-pyrrole nitrogens is 1. The molecule has 0 spiro atoms. The molecule has 1 aromatic heterocycles. The number of carbonyl (C=O) groups is 1. The Balaban J connectivity index is 1.49. The first-order chi connectivity index (χ1) is 14.7. The number of piperidine rings is 1. The number of hydrogen-bond acceptors (Lipinski definition) is 3. The number of benzene rings is 2. The second-order valence-corrected chi connectivity index (χ2v) is 10.0. The lowest BCUT2D eigenvalue weighted by molar-refractivity contribution is -0.136. The molecule has 2 N–H and O–H groups in total. The van der Waals surface area contributed by atoms with Gasteiger partial charge in [-0.15, -0.1) is 0 Å². The lowest BCUT2D eigenvalue weighted by Crippen LogP contribution is -2.53. The van der Waals surface area contributed by atoms with Gasteiger partial charge in [-0.05, 0) is 53.5 Å². The number of aromatic nitrogens is 2. The summed E-state index contributed by atoms with van der Waals surface area (Å²) in [6, 6.07) is 15.7. The van der Waals surface area contributed by atoms with Gasteiger partial charge in [0.2, 0.25) is 11.9 Å². The summed E-state index contributed by atoms with van der Waals surface area (Å²) in [5.41, 5.74) is 3.12. The molecule has 164 valence electrons. The summed E-state index contributed by atoms with van der Waals surface area (Å²) in [7, 11) is 0. The van der Waals surface area contributed by atoms with Crippen molar-refractivity contribution in [2.45, 2.75) is 46.1 Å². The van der Waals surface area contributed by atoms with E-state index in [1.54, 1.807) is 0 Å². The number of likely N-dealkylation sites (tertiary alicyclic amines) is 1. The Morgan fingerprint density at radius 2 is 1.90 bits per heavy atom. The van der Waals surface area contributed by atoms with E-state index in [1.807, 2.05) is 41.3 Å². The van der Waals surface area contributed by atoms with Crippen LogP contribution in [0.3, 0.4) is 0 Å². The predicted molar refractivity (Wildman–Crippen MR) is 128 cm³/mol. The number of anilines is 1. The van der Waals surface area contributed by atoms with Crippen LogP contribution in [0, 0.1) is 11.3 Å². The number of hydrogen-bond donors (Lipinski definition) is 2. The van der Waals surface area contributed by atoms with Crippen molar-refractivity contribution >= 4 is 34.5 Å². The summed E-state index contributed by atoms with van der Waals surface area (Å²) in [6.07, 6.45) is 0.940. The molecule has 1 aliphatic rings. The highest BCUT2D eigenvalue weighted by atomic mass is 35.5. The van der Waals surface area contributed by atoms with E-state index >= 15 is 0 Å². The zero-order valence-corrected chi connectivity index (χ0v) is 19.4. The second-order valence-electron chi connectivity index (χ2n) is 9.61. The SMILES string of the molecule is CC(C)[C@@H](Nc1nc2ccccc2[nH]1)C(=O)N1CCC(c2ccc(Cl)cc2)C(C)(C)C1. The molecule has 0 radical (unpaired) electrons. The molecular weight excluding hydrogens is 408 g/mol. The zero-order valence-electron chi connectivity index (χ0n) is 18.7. The van der Waals surface area contributed by atoms with Gasteiger partial charge >= 0.3 is 0 Å². The van der Waals surface area contributed by atoms with Crippen molar-refractivity contribution in [1.82, 2.24) is 14.9 Å². The van der Waals surface area contributed by atoms with E-state index in [9.17, 15) is 4.79 Å². The summed E-state index contributed by atoms with van der Waals surface area (Å²) in [5.74, 6) is 1.31. The molecule has 1 saturated heterocycles. The number of rotatable bonds is 5. The van der Waals surface area contributed by atoms with Crippen LogP contribution in [-0.2, 0) is 4.79 Å². The standard InChI is InChI=1S/C25H31ClN4O/c1-16(2)22(29-24-27-20-7-5-6-8-21(20)28-24)23(31)30-14-13-19(25(3,4)15-30)17-9-11-18(26)12-10-17/h5-12,16,19,22H,13-15H2,1-4H3,(H2,27,28,29)/t19?,22-/m1/s1. The molecular formula is C25H31ClN4O. The molecule has 1 fully saturated rings. The Morgan fingerprint density at radius 1 is 1.19 bits per heavy atom. The van der Waals surface area contributed by atoms with Crippen LogP contribution in [0.5, 0.6) is 0 Å². The monoisotopic (exact) mass is 438 g/mol. The van der Waals surface area contributed by atoms with Crippen LogP contribution in [0.4, 0.5) is 5.95 Å². The van der Waals surface area contributed by atoms with Crippen molar-refractivity contribution in [3.8, 4) is 0 Å². The quantitative estimate of drug-likeness (QED) is 0.537. The van der Waals surface area contributed by atoms with Gasteiger partial charge in [0, 0.05) is 18.1 Å². The van der Waals surface area contributed by atoms with Gasteiger partial charge in [0.1, 0.15) is 6.04 Å². The Hall–Kier alpha value is -2.53. The third kappa shape index (κ3) is 4.57. The maximum absolute atomic E-state index is 13.5. The molecule has 1 aliphatic heterocycles. The van der Waals surface area contributed by atoms with Crippen molar-refractivity contribution in [1.29, 1.82) is 0 Å². The van der Waals surface area contributed by atoms with Gasteiger partial charge in [0.05, 0.1) is 11.0 Å². The fraction of sp³-hybridized carbons (Fsp3) is 0.440. The maximum Gasteiger partial charge on any atom is 0.245 e. The molecule has 4 rings (SSSR count). The first kappa shape index (κ1) is 21.7. The average molecular weight is 439 g/mol. The topological polar surface area (TPSA) is 61.0 Å². The molecule has 31 heavy (non-hydrogen) atoms. The minimum Gasteiger partial charge on any atom is -0.344 e. The molecule has 5 nitrogen and oxygen atoms in total. The number of aromatic amines is 1. The molecule has 3 aromatic rings. The fourth-order valence-corrected chi connectivity index (χ4v) is 4.86. The van der Waals surface area contributed by atoms with Gasteiger partial charge in [0.25, 0.3) is 0 Å². The van der Waals surface area contributed by atoms with Gasteiger partial charge in [0.15, 0.2) is 0 Å². The highest BCUT2D eigenvalue weighted by molar-refractivity contribution is 6.30. The highest BCUT2D eigenvalue weighted by Gasteiger charge is 2.40. The van der Waals surface area contributed by atoms with Gasteiger partial charge in [-0.3, -0.25) is 4.79 Å². The Bertz CT molecular complexity index is 1020. The summed E-state index contributed by atoms with van der Waals surface area (Å²) in [5, 5.41) is 4.12. The molecule has 1 amide bonds. The lowest BCUT2D eigenvalue weighted by Gasteiger charge is -2.45. The zero-order chi connectivity index (χ0) is 22.2. The molecule has 0 bridgehead atoms. The Morgan fingerprint density at radius 3 is 2.55 bits per heavy atom. The molecule has 6 heteroatoms. The van der Waals surface area contributed by atoms with Crippen molar-refractivity contribution in [3.05, 3.63) is 59.1 Å². The predicted octanol–water partition coefficient (Wildman–Crippen LogP) is 5.70. The van der Waals surface area contributed by atoms with Crippen LogP contribution in [-0.4, -0.2) is 39.9 Å². The van der Waals surface area contributed by atoms with Crippen molar-refractivity contribution in [2.75, 3.05) is 18.4 Å². The van der Waals surface area contributed by atoms with Gasteiger partial charge in [-0.1, -0.05) is 63.6 Å². The Labute approximate surface area is 189 Å². The number of fused-ring (bicyclic) bond motifs is 1. The molecule has 2 aromatic carbocycles. The number of imidazole rings is 1. The number of halogens is 1. The minimum absolute atomic E-state index is 0.0252. The normalized spacial score (nSPS) is 19.5. The minimum atomic E-state index is -0.330. The van der Waals surface area contributed by atoms with E-state index in [0.29, 0.717) is 11.9 Å². The summed E-state index contributed by atoms with van der Waals surface area (Å²) >= 11 is 6.08. The van der Waals surface area contributed by atoms with Gasteiger partial charge in [-0.2, -0.15) is 0 Å². The van der Waals surface area contributed by atoms with Crippen molar-refractivity contribution in [2.24, 2.45) is 11.3 Å². The number of carbonyl (C=O) groups excluding carboxylic acids is 1. The van der Waals surface area contributed by atoms with Crippen LogP contribution in [0.15, 0.2) is 48.5 Å². The third-order valence-corrected chi connectivity index (χ3v) is 6.68. The second kappa shape index (κ2) is 8.54. The van der Waals surface area contributed by atoms with Gasteiger partial charge in [-0.25, -0.2) is 4.98 Å². The number of para-hydroxylation sites is 2. The van der Waals surface area contributed by atoms with E-state index < -0.39 is 0 Å². The molecule has 0 saturated carbocycles. The molecule has 2 heterocycles. The van der Waals surface area contributed by atoms with Crippen LogP contribution in [0.1, 0.15) is 45.6 Å². The van der Waals surface area contributed by atoms with Crippen LogP contribution in [0.2, 0.25) is 5.02 Å². The van der Waals surface area contributed by atoms with Crippen LogP contribution >= 0.6 is 11.6 Å². The van der Waals surface area contributed by atoms with Gasteiger partial charge < -0.3 is 15.2 Å². The van der Waals surface area contributed by atoms with E-state index in [0.717, 1.165) is 35.6 Å². The first-order valence-electron chi connectivity index (χ1n) is 11.0. The molecule has 2 atom stereocenters. The Kier molecular flexibility index (Phi) is 5.98. The fourth-order valence-electron chi connectivity index (χ4n) is 4.74. The lowest BCUT2D eigenvalue weighted by atomic mass is 9.70. The first-order valence-corrected chi connectivity index (χ1v) is 11.4. The van der Waals surface area contributed by atoms with E-state index in [1.165, 1.54) is 5.56 Å². The summed E-state index contributed by atoms with van der Waals surface area (Å²) in [4.78, 5) is 23.4. The van der Waals surface area contributed by atoms with Crippen molar-refractivity contribution in [3.63, 3.8) is 0 Å². The smallest absolute Gasteiger partial charge is 0.245 e. The summed E-state index contributed by atoms with van der Waals surface area (Å²) < 4.78 is 0. The third-order valence-electron chi connectivity index (χ3n) is 6.43.